The van der Waals surface area contributed by atoms with E-state index in [0.29, 0.717) is 48.0 Å². The van der Waals surface area contributed by atoms with E-state index >= 15 is 0 Å². The molecule has 2 aromatic carbocycles. The van der Waals surface area contributed by atoms with Crippen LogP contribution in [0.25, 0.3) is 10.9 Å². The normalized spacial score (nSPS) is 15.5. The summed E-state index contributed by atoms with van der Waals surface area (Å²) in [5.74, 6) is 0.0392. The van der Waals surface area contributed by atoms with Crippen molar-refractivity contribution in [3.05, 3.63) is 65.9 Å². The van der Waals surface area contributed by atoms with Gasteiger partial charge in [0.25, 0.3) is 5.91 Å². The van der Waals surface area contributed by atoms with Crippen molar-refractivity contribution in [1.82, 2.24) is 9.88 Å². The second-order valence-corrected chi connectivity index (χ2v) is 7.98. The van der Waals surface area contributed by atoms with Crippen LogP contribution in [-0.4, -0.2) is 74.2 Å². The van der Waals surface area contributed by atoms with E-state index in [2.05, 4.69) is 9.72 Å². The summed E-state index contributed by atoms with van der Waals surface area (Å²) in [5.41, 5.74) is 1.40. The van der Waals surface area contributed by atoms with Crippen molar-refractivity contribution >= 4 is 28.6 Å². The first-order valence-electron chi connectivity index (χ1n) is 11.2. The molecule has 0 aliphatic carbocycles. The van der Waals surface area contributed by atoms with Crippen molar-refractivity contribution in [3.8, 4) is 11.5 Å². The summed E-state index contributed by atoms with van der Waals surface area (Å²) in [6.07, 6.45) is -0.635. The molecule has 9 heteroatoms. The third-order valence-electron chi connectivity index (χ3n) is 5.69. The Kier molecular flexibility index (Phi) is 7.57. The quantitative estimate of drug-likeness (QED) is 0.277. The number of hydrogen-bond acceptors (Lipinski definition) is 8. The van der Waals surface area contributed by atoms with Gasteiger partial charge in [-0.15, -0.1) is 0 Å². The van der Waals surface area contributed by atoms with Crippen LogP contribution in [0.1, 0.15) is 27.3 Å². The van der Waals surface area contributed by atoms with Gasteiger partial charge in [-0.2, -0.15) is 0 Å². The van der Waals surface area contributed by atoms with E-state index in [9.17, 15) is 14.4 Å². The Balaban J connectivity index is 1.36. The van der Waals surface area contributed by atoms with Gasteiger partial charge < -0.3 is 23.8 Å². The zero-order valence-electron chi connectivity index (χ0n) is 19.6. The van der Waals surface area contributed by atoms with Crippen LogP contribution in [0.2, 0.25) is 0 Å². The van der Waals surface area contributed by atoms with Gasteiger partial charge in [-0.25, -0.2) is 4.98 Å². The van der Waals surface area contributed by atoms with Gasteiger partial charge in [0.2, 0.25) is 0 Å². The van der Waals surface area contributed by atoms with Gasteiger partial charge in [0.1, 0.15) is 36.3 Å². The Morgan fingerprint density at radius 3 is 2.60 bits per heavy atom. The van der Waals surface area contributed by atoms with Gasteiger partial charge in [0.05, 0.1) is 32.9 Å². The summed E-state index contributed by atoms with van der Waals surface area (Å²) in [7, 11) is 2.81. The van der Waals surface area contributed by atoms with Crippen molar-refractivity contribution in [2.75, 3.05) is 40.5 Å². The molecule has 3 aromatic rings. The number of nitrogens with zero attached hydrogens (tertiary/aromatic N) is 2. The molecule has 1 aliphatic rings. The standard InChI is InChI=1S/C26H26N2O7/c1-32-24-13-22(27-21-6-4-3-5-20(21)24)26(31)28-11-12-34-19(15-28)16-35-18-9-7-17(8-10-18)23(29)14-25(30)33-2/h3-10,13,19H,11-12,14-16H2,1-2H3. The largest absolute Gasteiger partial charge is 0.496 e. The van der Waals surface area contributed by atoms with Gasteiger partial charge >= 0.3 is 5.97 Å². The Bertz CT molecular complexity index is 1230. The fourth-order valence-electron chi connectivity index (χ4n) is 3.82. The number of benzene rings is 2. The monoisotopic (exact) mass is 478 g/mol. The van der Waals surface area contributed by atoms with Crippen LogP contribution in [0.4, 0.5) is 0 Å². The fourth-order valence-corrected chi connectivity index (χ4v) is 3.82. The van der Waals surface area contributed by atoms with Gasteiger partial charge in [0.15, 0.2) is 5.78 Å². The Labute approximate surface area is 202 Å². The average Bonchev–Trinajstić information content (AvgIpc) is 2.91. The molecule has 0 spiro atoms. The third kappa shape index (κ3) is 5.75. The van der Waals surface area contributed by atoms with Gasteiger partial charge in [-0.05, 0) is 36.4 Å². The molecule has 182 valence electrons. The van der Waals surface area contributed by atoms with Crippen LogP contribution < -0.4 is 9.47 Å². The zero-order valence-corrected chi connectivity index (χ0v) is 19.6. The summed E-state index contributed by atoms with van der Waals surface area (Å²) in [6, 6.07) is 15.7. The molecular weight excluding hydrogens is 452 g/mol. The minimum atomic E-state index is -0.582. The molecule has 1 aliphatic heterocycles. The van der Waals surface area contributed by atoms with Crippen LogP contribution in [0.3, 0.4) is 0 Å². The lowest BCUT2D eigenvalue weighted by molar-refractivity contribution is -0.139. The number of esters is 1. The number of carbonyl (C=O) groups is 3. The van der Waals surface area contributed by atoms with Gasteiger partial charge in [-0.3, -0.25) is 14.4 Å². The number of Topliss-reactive ketones (excluding diaryl/α,β-unsaturated/α-hetero) is 1. The van der Waals surface area contributed by atoms with E-state index in [0.717, 1.165) is 5.39 Å². The number of ketones is 1. The maximum Gasteiger partial charge on any atom is 0.313 e. The Morgan fingerprint density at radius 1 is 1.09 bits per heavy atom. The first kappa shape index (κ1) is 24.2. The second kappa shape index (κ2) is 11.0. The highest BCUT2D eigenvalue weighted by Gasteiger charge is 2.27. The topological polar surface area (TPSA) is 104 Å². The predicted octanol–water partition coefficient (Wildman–Crippen LogP) is 2.91. The maximum absolute atomic E-state index is 13.2. The number of rotatable bonds is 8. The van der Waals surface area contributed by atoms with Crippen LogP contribution in [0.15, 0.2) is 54.6 Å². The first-order valence-corrected chi connectivity index (χ1v) is 11.2. The third-order valence-corrected chi connectivity index (χ3v) is 5.69. The van der Waals surface area contributed by atoms with Crippen LogP contribution in [0.5, 0.6) is 11.5 Å². The number of ether oxygens (including phenoxy) is 4. The van der Waals surface area contributed by atoms with E-state index in [1.807, 2.05) is 24.3 Å². The van der Waals surface area contributed by atoms with Crippen molar-refractivity contribution in [2.24, 2.45) is 0 Å². The number of carbonyl (C=O) groups excluding carboxylic acids is 3. The maximum atomic E-state index is 13.2. The highest BCUT2D eigenvalue weighted by atomic mass is 16.5. The van der Waals surface area contributed by atoms with E-state index < -0.39 is 5.97 Å². The second-order valence-electron chi connectivity index (χ2n) is 7.98. The number of morpholine rings is 1. The van der Waals surface area contributed by atoms with E-state index in [4.69, 9.17) is 14.2 Å². The van der Waals surface area contributed by atoms with E-state index in [1.165, 1.54) is 7.11 Å². The van der Waals surface area contributed by atoms with Gasteiger partial charge in [-0.1, -0.05) is 12.1 Å². The molecule has 0 radical (unpaired) electrons. The van der Waals surface area contributed by atoms with Crippen molar-refractivity contribution in [2.45, 2.75) is 12.5 Å². The summed E-state index contributed by atoms with van der Waals surface area (Å²) < 4.78 is 21.6. The molecule has 4 rings (SSSR count). The summed E-state index contributed by atoms with van der Waals surface area (Å²) >= 11 is 0. The van der Waals surface area contributed by atoms with E-state index in [-0.39, 0.29) is 30.8 Å². The smallest absolute Gasteiger partial charge is 0.313 e. The van der Waals surface area contributed by atoms with E-state index in [1.54, 1.807) is 42.3 Å². The minimum Gasteiger partial charge on any atom is -0.496 e. The summed E-state index contributed by atoms with van der Waals surface area (Å²) in [4.78, 5) is 42.7. The summed E-state index contributed by atoms with van der Waals surface area (Å²) in [6.45, 7) is 1.41. The lowest BCUT2D eigenvalue weighted by atomic mass is 10.1. The molecule has 1 fully saturated rings. The molecule has 35 heavy (non-hydrogen) atoms. The molecule has 1 unspecified atom stereocenters. The van der Waals surface area contributed by atoms with Crippen molar-refractivity contribution in [1.29, 1.82) is 0 Å². The number of hydrogen-bond donors (Lipinski definition) is 0. The first-order chi connectivity index (χ1) is 17.0. The SMILES string of the molecule is COC(=O)CC(=O)c1ccc(OCC2CN(C(=O)c3cc(OC)c4ccccc4n3)CCO2)cc1. The number of aromatic nitrogens is 1. The molecule has 1 aromatic heterocycles. The molecule has 0 N–H and O–H groups in total. The zero-order chi connectivity index (χ0) is 24.8. The highest BCUT2D eigenvalue weighted by Crippen LogP contribution is 2.26. The molecule has 1 amide bonds. The molecule has 1 atom stereocenters. The Morgan fingerprint density at radius 2 is 1.86 bits per heavy atom. The predicted molar refractivity (Wildman–Crippen MR) is 127 cm³/mol. The Hall–Kier alpha value is -3.98. The average molecular weight is 479 g/mol. The van der Waals surface area contributed by atoms with Crippen molar-refractivity contribution in [3.63, 3.8) is 0 Å². The molecule has 1 saturated heterocycles. The number of para-hydroxylation sites is 1. The number of pyridine rings is 1. The van der Waals surface area contributed by atoms with Crippen LogP contribution in [0, 0.1) is 0 Å². The molecule has 2 heterocycles. The van der Waals surface area contributed by atoms with Crippen LogP contribution in [-0.2, 0) is 14.3 Å². The lowest BCUT2D eigenvalue weighted by Gasteiger charge is -2.32. The lowest BCUT2D eigenvalue weighted by Crippen LogP contribution is -2.47. The van der Waals surface area contributed by atoms with Crippen LogP contribution >= 0.6 is 0 Å². The van der Waals surface area contributed by atoms with Crippen molar-refractivity contribution < 1.29 is 33.3 Å². The van der Waals surface area contributed by atoms with Gasteiger partial charge in [0, 0.05) is 23.6 Å². The highest BCUT2D eigenvalue weighted by molar-refractivity contribution is 6.06. The number of amides is 1. The summed E-state index contributed by atoms with van der Waals surface area (Å²) in [5, 5.41) is 0.845. The molecular formula is C26H26N2O7. The number of fused-ring (bicyclic) bond motifs is 1. The number of methoxy groups -OCH3 is 2. The molecule has 0 bridgehead atoms. The fraction of sp³-hybridized carbons (Fsp3) is 0.308. The molecule has 0 saturated carbocycles. The minimum absolute atomic E-state index is 0.198. The molecule has 9 nitrogen and oxygen atoms in total.